The van der Waals surface area contributed by atoms with Gasteiger partial charge in [0.05, 0.1) is 0 Å². The summed E-state index contributed by atoms with van der Waals surface area (Å²) in [7, 11) is 0. The van der Waals surface area contributed by atoms with Crippen LogP contribution in [0.5, 0.6) is 0 Å². The van der Waals surface area contributed by atoms with Crippen molar-refractivity contribution in [1.29, 1.82) is 0 Å². The number of nitrogens with one attached hydrogen (secondary N) is 1. The van der Waals surface area contributed by atoms with E-state index in [1.165, 1.54) is 15.3 Å². The van der Waals surface area contributed by atoms with E-state index >= 15 is 0 Å². The second-order valence-corrected chi connectivity index (χ2v) is 5.86. The Bertz CT molecular complexity index is 498. The molecule has 78 valence electrons. The molecule has 0 aliphatic heterocycles. The van der Waals surface area contributed by atoms with Crippen LogP contribution in [0.15, 0.2) is 35.4 Å². The summed E-state index contributed by atoms with van der Waals surface area (Å²) in [6.07, 6.45) is 5.06. The van der Waals surface area contributed by atoms with E-state index in [0.717, 1.165) is 10.4 Å². The van der Waals surface area contributed by atoms with Crippen LogP contribution in [0.25, 0.3) is 0 Å². The van der Waals surface area contributed by atoms with Crippen molar-refractivity contribution < 1.29 is 0 Å². The minimum atomic E-state index is 0.853. The predicted molar refractivity (Wildman–Crippen MR) is 70.5 cm³/mol. The van der Waals surface area contributed by atoms with Crippen LogP contribution in [0, 0.1) is 3.95 Å². The lowest BCUT2D eigenvalue weighted by molar-refractivity contribution is 1.19. The van der Waals surface area contributed by atoms with Crippen molar-refractivity contribution in [3.63, 3.8) is 0 Å². The molecular formula is C11H11NS3. The van der Waals surface area contributed by atoms with Gasteiger partial charge < -0.3 is 4.98 Å². The number of hydrogen-bond donors (Lipinski definition) is 1. The van der Waals surface area contributed by atoms with Crippen LogP contribution in [0.4, 0.5) is 0 Å². The maximum absolute atomic E-state index is 5.06. The zero-order valence-electron chi connectivity index (χ0n) is 8.32. The van der Waals surface area contributed by atoms with Crippen LogP contribution in [0.3, 0.4) is 0 Å². The van der Waals surface area contributed by atoms with E-state index in [1.54, 1.807) is 23.1 Å². The number of H-pyrrole nitrogens is 1. The van der Waals surface area contributed by atoms with Crippen LogP contribution in [-0.2, 0) is 6.42 Å². The predicted octanol–water partition coefficient (Wildman–Crippen LogP) is 4.12. The van der Waals surface area contributed by atoms with E-state index in [1.807, 2.05) is 6.20 Å². The molecule has 0 radical (unpaired) electrons. The van der Waals surface area contributed by atoms with Crippen LogP contribution < -0.4 is 0 Å². The fourth-order valence-electron chi connectivity index (χ4n) is 1.39. The van der Waals surface area contributed by atoms with Crippen LogP contribution in [0.1, 0.15) is 10.4 Å². The lowest BCUT2D eigenvalue weighted by atomic mass is 10.1. The molecule has 0 amide bonds. The summed E-state index contributed by atoms with van der Waals surface area (Å²) in [6.45, 7) is 0. The van der Waals surface area contributed by atoms with Gasteiger partial charge in [0.2, 0.25) is 0 Å². The molecule has 0 saturated heterocycles. The van der Waals surface area contributed by atoms with Crippen LogP contribution >= 0.6 is 35.3 Å². The summed E-state index contributed by atoms with van der Waals surface area (Å²) < 4.78 is 0.853. The first-order valence-corrected chi connectivity index (χ1v) is 7.03. The molecule has 2 aromatic rings. The number of hydrogen-bond acceptors (Lipinski definition) is 3. The van der Waals surface area contributed by atoms with E-state index in [9.17, 15) is 0 Å². The van der Waals surface area contributed by atoms with E-state index in [2.05, 4.69) is 35.5 Å². The Morgan fingerprint density at radius 1 is 1.47 bits per heavy atom. The number of aromatic amines is 1. The molecule has 0 saturated carbocycles. The maximum Gasteiger partial charge on any atom is 0.158 e. The second kappa shape index (κ2) is 4.96. The highest BCUT2D eigenvalue weighted by molar-refractivity contribution is 7.98. The summed E-state index contributed by atoms with van der Waals surface area (Å²) in [5, 5.41) is 0. The molecule has 4 heteroatoms. The summed E-state index contributed by atoms with van der Waals surface area (Å²) >= 11 is 8.48. The van der Waals surface area contributed by atoms with Crippen molar-refractivity contribution >= 4 is 35.3 Å². The zero-order chi connectivity index (χ0) is 10.7. The third kappa shape index (κ3) is 2.93. The van der Waals surface area contributed by atoms with Gasteiger partial charge in [-0.05, 0) is 36.2 Å². The monoisotopic (exact) mass is 253 g/mol. The first-order valence-electron chi connectivity index (χ1n) is 4.58. The molecule has 0 spiro atoms. The van der Waals surface area contributed by atoms with Crippen molar-refractivity contribution in [1.82, 2.24) is 4.98 Å². The quantitative estimate of drug-likeness (QED) is 0.654. The Balaban J connectivity index is 2.20. The third-order valence-electron chi connectivity index (χ3n) is 2.09. The summed E-state index contributed by atoms with van der Waals surface area (Å²) in [4.78, 5) is 5.65. The van der Waals surface area contributed by atoms with Crippen molar-refractivity contribution in [2.24, 2.45) is 0 Å². The average molecular weight is 253 g/mol. The lowest BCUT2D eigenvalue weighted by Crippen LogP contribution is -1.84. The molecule has 0 fully saturated rings. The normalized spacial score (nSPS) is 10.5. The van der Waals surface area contributed by atoms with Crippen LogP contribution in [-0.4, -0.2) is 11.2 Å². The number of benzene rings is 1. The minimum absolute atomic E-state index is 0.853. The maximum atomic E-state index is 5.06. The molecule has 0 unspecified atom stereocenters. The zero-order valence-corrected chi connectivity index (χ0v) is 10.8. The molecule has 0 atom stereocenters. The molecular weight excluding hydrogens is 242 g/mol. The Kier molecular flexibility index (Phi) is 3.61. The Hall–Kier alpha value is -0.580. The van der Waals surface area contributed by atoms with Gasteiger partial charge in [0.15, 0.2) is 3.95 Å². The molecule has 1 heterocycles. The number of thiazole rings is 1. The summed E-state index contributed by atoms with van der Waals surface area (Å²) in [6, 6.07) is 8.62. The fraction of sp³-hybridized carbons (Fsp3) is 0.182. The lowest BCUT2D eigenvalue weighted by Gasteiger charge is -2.00. The topological polar surface area (TPSA) is 15.8 Å². The van der Waals surface area contributed by atoms with Crippen molar-refractivity contribution in [3.05, 3.63) is 44.9 Å². The number of thioether (sulfide) groups is 1. The highest BCUT2D eigenvalue weighted by Gasteiger charge is 1.99. The highest BCUT2D eigenvalue weighted by atomic mass is 32.2. The molecule has 1 aromatic heterocycles. The highest BCUT2D eigenvalue weighted by Crippen LogP contribution is 2.19. The summed E-state index contributed by atoms with van der Waals surface area (Å²) in [5.41, 5.74) is 1.34. The van der Waals surface area contributed by atoms with Gasteiger partial charge in [0.1, 0.15) is 0 Å². The number of aromatic nitrogens is 1. The van der Waals surface area contributed by atoms with Gasteiger partial charge >= 0.3 is 0 Å². The largest absolute Gasteiger partial charge is 0.343 e. The van der Waals surface area contributed by atoms with Crippen molar-refractivity contribution in [2.75, 3.05) is 6.26 Å². The van der Waals surface area contributed by atoms with E-state index in [-0.39, 0.29) is 0 Å². The Labute approximate surface area is 103 Å². The van der Waals surface area contributed by atoms with Gasteiger partial charge in [-0.25, -0.2) is 0 Å². The molecule has 1 N–H and O–H groups in total. The molecule has 1 nitrogen and oxygen atoms in total. The van der Waals surface area contributed by atoms with Gasteiger partial charge in [0, 0.05) is 22.4 Å². The molecule has 15 heavy (non-hydrogen) atoms. The smallest absolute Gasteiger partial charge is 0.158 e. The first kappa shape index (κ1) is 10.9. The van der Waals surface area contributed by atoms with E-state index in [4.69, 9.17) is 12.2 Å². The molecule has 0 aliphatic carbocycles. The van der Waals surface area contributed by atoms with Gasteiger partial charge in [-0.3, -0.25) is 0 Å². The average Bonchev–Trinajstić information content (AvgIpc) is 2.64. The fourth-order valence-corrected chi connectivity index (χ4v) is 2.96. The second-order valence-electron chi connectivity index (χ2n) is 3.17. The van der Waals surface area contributed by atoms with Gasteiger partial charge in [0.25, 0.3) is 0 Å². The van der Waals surface area contributed by atoms with E-state index in [0.29, 0.717) is 0 Å². The first-order chi connectivity index (χ1) is 7.28. The standard InChI is InChI=1S/C11H11NS3/c1-14-9-4-2-3-8(5-9)6-10-7-12-11(13)15-10/h2-5,7H,6H2,1H3,(H,12,13). The molecule has 0 bridgehead atoms. The van der Waals surface area contributed by atoms with Crippen LogP contribution in [0.2, 0.25) is 0 Å². The minimum Gasteiger partial charge on any atom is -0.343 e. The Morgan fingerprint density at radius 2 is 2.33 bits per heavy atom. The number of rotatable bonds is 3. The van der Waals surface area contributed by atoms with Gasteiger partial charge in [-0.15, -0.1) is 23.1 Å². The SMILES string of the molecule is CSc1cccc(Cc2c[nH]c(=S)s2)c1. The molecule has 0 aliphatic rings. The summed E-state index contributed by atoms with van der Waals surface area (Å²) in [5.74, 6) is 0. The molecule has 1 aromatic carbocycles. The van der Waals surface area contributed by atoms with Crippen molar-refractivity contribution in [2.45, 2.75) is 11.3 Å². The van der Waals surface area contributed by atoms with Gasteiger partial charge in [-0.1, -0.05) is 12.1 Å². The van der Waals surface area contributed by atoms with E-state index < -0.39 is 0 Å². The van der Waals surface area contributed by atoms with Crippen molar-refractivity contribution in [3.8, 4) is 0 Å². The van der Waals surface area contributed by atoms with Gasteiger partial charge in [-0.2, -0.15) is 0 Å². The molecule has 2 rings (SSSR count). The Morgan fingerprint density at radius 3 is 3.00 bits per heavy atom. The third-order valence-corrected chi connectivity index (χ3v) is 4.01.